The molecule has 7 heteroatoms. The Labute approximate surface area is 93.0 Å². The fraction of sp³-hybridized carbons (Fsp3) is 0.667. The molecule has 0 radical (unpaired) electrons. The predicted molar refractivity (Wildman–Crippen MR) is 54.1 cm³/mol. The van der Waals surface area contributed by atoms with Crippen LogP contribution in [0.4, 0.5) is 0 Å². The van der Waals surface area contributed by atoms with Crippen LogP contribution in [-0.4, -0.2) is 53.0 Å². The van der Waals surface area contributed by atoms with Crippen molar-refractivity contribution in [2.45, 2.75) is 13.0 Å². The maximum absolute atomic E-state index is 10.4. The van der Waals surface area contributed by atoms with Crippen molar-refractivity contribution in [2.75, 3.05) is 26.9 Å². The summed E-state index contributed by atoms with van der Waals surface area (Å²) in [7, 11) is 1.61. The maximum atomic E-state index is 10.4. The Morgan fingerprint density at radius 1 is 1.50 bits per heavy atom. The molecule has 0 aliphatic rings. The van der Waals surface area contributed by atoms with Crippen LogP contribution < -0.4 is 0 Å². The Balaban J connectivity index is 2.21. The molecule has 0 spiro atoms. The fourth-order valence-corrected chi connectivity index (χ4v) is 1.09. The van der Waals surface area contributed by atoms with Crippen molar-refractivity contribution < 1.29 is 19.4 Å². The summed E-state index contributed by atoms with van der Waals surface area (Å²) in [5.41, 5.74) is 0.449. The van der Waals surface area contributed by atoms with E-state index in [1.165, 1.54) is 0 Å². The van der Waals surface area contributed by atoms with Crippen molar-refractivity contribution in [1.29, 1.82) is 0 Å². The summed E-state index contributed by atoms with van der Waals surface area (Å²) in [5.74, 6) is -0.914. The van der Waals surface area contributed by atoms with E-state index in [0.29, 0.717) is 32.1 Å². The molecule has 0 bridgehead atoms. The van der Waals surface area contributed by atoms with Gasteiger partial charge in [-0.05, 0) is 0 Å². The van der Waals surface area contributed by atoms with Crippen molar-refractivity contribution in [1.82, 2.24) is 15.0 Å². The summed E-state index contributed by atoms with van der Waals surface area (Å²) in [4.78, 5) is 10.4. The van der Waals surface area contributed by atoms with E-state index in [2.05, 4.69) is 10.3 Å². The molecule has 1 aromatic heterocycles. The smallest absolute Gasteiger partial charge is 0.309 e. The zero-order valence-corrected chi connectivity index (χ0v) is 9.13. The van der Waals surface area contributed by atoms with E-state index in [1.807, 2.05) is 0 Å². The summed E-state index contributed by atoms with van der Waals surface area (Å²) >= 11 is 0. The molecule has 0 aliphatic carbocycles. The monoisotopic (exact) mass is 229 g/mol. The second-order valence-electron chi connectivity index (χ2n) is 3.15. The minimum atomic E-state index is -0.914. The number of rotatable bonds is 8. The number of carboxylic acids is 1. The van der Waals surface area contributed by atoms with Crippen LogP contribution in [0.15, 0.2) is 6.20 Å². The van der Waals surface area contributed by atoms with Gasteiger partial charge in [0.25, 0.3) is 0 Å². The number of hydrogen-bond acceptors (Lipinski definition) is 5. The molecule has 16 heavy (non-hydrogen) atoms. The van der Waals surface area contributed by atoms with Crippen molar-refractivity contribution in [3.63, 3.8) is 0 Å². The highest BCUT2D eigenvalue weighted by Crippen LogP contribution is 1.94. The van der Waals surface area contributed by atoms with Gasteiger partial charge in [-0.25, -0.2) is 4.68 Å². The van der Waals surface area contributed by atoms with Gasteiger partial charge in [0.15, 0.2) is 0 Å². The van der Waals surface area contributed by atoms with Crippen molar-refractivity contribution in [2.24, 2.45) is 0 Å². The van der Waals surface area contributed by atoms with Gasteiger partial charge < -0.3 is 14.6 Å². The normalized spacial score (nSPS) is 10.6. The van der Waals surface area contributed by atoms with Crippen LogP contribution in [-0.2, 0) is 27.2 Å². The average molecular weight is 229 g/mol. The lowest BCUT2D eigenvalue weighted by atomic mass is 10.3. The molecule has 90 valence electrons. The third-order valence-electron chi connectivity index (χ3n) is 1.81. The molecular weight excluding hydrogens is 214 g/mol. The molecule has 1 N–H and O–H groups in total. The Morgan fingerprint density at radius 3 is 3.00 bits per heavy atom. The Kier molecular flexibility index (Phi) is 5.44. The number of ether oxygens (including phenoxy) is 2. The molecule has 1 aromatic rings. The topological polar surface area (TPSA) is 86.5 Å². The third-order valence-corrected chi connectivity index (χ3v) is 1.81. The first-order valence-electron chi connectivity index (χ1n) is 4.90. The highest BCUT2D eigenvalue weighted by Gasteiger charge is 2.04. The van der Waals surface area contributed by atoms with Crippen molar-refractivity contribution in [3.05, 3.63) is 11.9 Å². The van der Waals surface area contributed by atoms with Crippen LogP contribution in [0.25, 0.3) is 0 Å². The van der Waals surface area contributed by atoms with Crippen molar-refractivity contribution >= 4 is 5.97 Å². The van der Waals surface area contributed by atoms with E-state index < -0.39 is 5.97 Å². The Morgan fingerprint density at radius 2 is 2.31 bits per heavy atom. The number of carbonyl (C=O) groups is 1. The third kappa shape index (κ3) is 4.85. The van der Waals surface area contributed by atoms with Crippen LogP contribution in [0, 0.1) is 0 Å². The predicted octanol–water partition coefficient (Wildman–Crippen LogP) is -0.432. The molecule has 0 saturated heterocycles. The molecule has 0 aliphatic heterocycles. The van der Waals surface area contributed by atoms with Gasteiger partial charge in [-0.2, -0.15) is 0 Å². The molecule has 0 aromatic carbocycles. The summed E-state index contributed by atoms with van der Waals surface area (Å²) < 4.78 is 11.6. The first kappa shape index (κ1) is 12.6. The van der Waals surface area contributed by atoms with Gasteiger partial charge in [0.2, 0.25) is 0 Å². The number of aliphatic carboxylic acids is 1. The lowest BCUT2D eigenvalue weighted by molar-refractivity contribution is -0.136. The van der Waals surface area contributed by atoms with E-state index in [1.54, 1.807) is 18.0 Å². The van der Waals surface area contributed by atoms with Gasteiger partial charge >= 0.3 is 5.97 Å². The minimum Gasteiger partial charge on any atom is -0.481 e. The van der Waals surface area contributed by atoms with E-state index in [4.69, 9.17) is 14.6 Å². The van der Waals surface area contributed by atoms with Gasteiger partial charge in [0.05, 0.1) is 38.5 Å². The lowest BCUT2D eigenvalue weighted by Crippen LogP contribution is -2.09. The van der Waals surface area contributed by atoms with E-state index in [-0.39, 0.29) is 6.42 Å². The van der Waals surface area contributed by atoms with Crippen LogP contribution in [0.2, 0.25) is 0 Å². The SMILES string of the molecule is COCCOCCn1cc(CC(=O)O)nn1. The van der Waals surface area contributed by atoms with Gasteiger partial charge in [-0.3, -0.25) is 4.79 Å². The Bertz CT molecular complexity index is 326. The molecule has 0 saturated carbocycles. The highest BCUT2D eigenvalue weighted by atomic mass is 16.5. The minimum absolute atomic E-state index is 0.107. The molecule has 0 amide bonds. The van der Waals surface area contributed by atoms with E-state index >= 15 is 0 Å². The van der Waals surface area contributed by atoms with E-state index in [9.17, 15) is 4.79 Å². The number of methoxy groups -OCH3 is 1. The van der Waals surface area contributed by atoms with E-state index in [0.717, 1.165) is 0 Å². The molecule has 0 fully saturated rings. The molecule has 1 heterocycles. The van der Waals surface area contributed by atoms with Gasteiger partial charge in [-0.1, -0.05) is 5.21 Å². The van der Waals surface area contributed by atoms with Gasteiger partial charge in [0.1, 0.15) is 0 Å². The number of hydrogen-bond donors (Lipinski definition) is 1. The lowest BCUT2D eigenvalue weighted by Gasteiger charge is -2.02. The Hall–Kier alpha value is -1.47. The summed E-state index contributed by atoms with van der Waals surface area (Å²) in [6.07, 6.45) is 1.50. The first-order valence-corrected chi connectivity index (χ1v) is 4.90. The fourth-order valence-electron chi connectivity index (χ4n) is 1.09. The standard InChI is InChI=1S/C9H15N3O4/c1-15-4-5-16-3-2-12-7-8(10-11-12)6-9(13)14/h7H,2-6H2,1H3,(H,13,14). The summed E-state index contributed by atoms with van der Waals surface area (Å²) in [5, 5.41) is 16.0. The largest absolute Gasteiger partial charge is 0.481 e. The first-order chi connectivity index (χ1) is 7.72. The molecule has 1 rings (SSSR count). The number of nitrogens with zero attached hydrogens (tertiary/aromatic N) is 3. The summed E-state index contributed by atoms with van der Waals surface area (Å²) in [6.45, 7) is 2.14. The number of aromatic nitrogens is 3. The number of carboxylic acid groups (broad SMARTS) is 1. The molecular formula is C9H15N3O4. The summed E-state index contributed by atoms with van der Waals surface area (Å²) in [6, 6.07) is 0. The zero-order chi connectivity index (χ0) is 11.8. The quantitative estimate of drug-likeness (QED) is 0.608. The zero-order valence-electron chi connectivity index (χ0n) is 9.13. The molecule has 0 atom stereocenters. The molecule has 0 unspecified atom stereocenters. The second kappa shape index (κ2) is 6.91. The van der Waals surface area contributed by atoms with Crippen LogP contribution in [0.5, 0.6) is 0 Å². The highest BCUT2D eigenvalue weighted by molar-refractivity contribution is 5.69. The van der Waals surface area contributed by atoms with Gasteiger partial charge in [-0.15, -0.1) is 5.10 Å². The van der Waals surface area contributed by atoms with Crippen LogP contribution in [0.3, 0.4) is 0 Å². The molecule has 7 nitrogen and oxygen atoms in total. The van der Waals surface area contributed by atoms with Crippen molar-refractivity contribution in [3.8, 4) is 0 Å². The second-order valence-corrected chi connectivity index (χ2v) is 3.15. The van der Waals surface area contributed by atoms with Gasteiger partial charge in [0, 0.05) is 13.3 Å². The van der Waals surface area contributed by atoms with Crippen LogP contribution >= 0.6 is 0 Å². The maximum Gasteiger partial charge on any atom is 0.309 e. The van der Waals surface area contributed by atoms with Crippen LogP contribution in [0.1, 0.15) is 5.69 Å². The average Bonchev–Trinajstić information content (AvgIpc) is 2.64.